The van der Waals surface area contributed by atoms with Gasteiger partial charge in [-0.05, 0) is 43.5 Å². The van der Waals surface area contributed by atoms with Crippen molar-refractivity contribution in [1.29, 1.82) is 0 Å². The molecule has 0 saturated heterocycles. The van der Waals surface area contributed by atoms with E-state index in [1.54, 1.807) is 0 Å². The second kappa shape index (κ2) is 7.64. The van der Waals surface area contributed by atoms with Crippen molar-refractivity contribution in [1.82, 2.24) is 9.55 Å². The summed E-state index contributed by atoms with van der Waals surface area (Å²) in [5.74, 6) is -0.253. The molecule has 0 bridgehead atoms. The standard InChI is InChI=1S/C23H21N3O2S/c1-14-5-8-17(9-6-14)18-12-29-22-21(18)24-13-26(23(22)28)11-20(27)25-19-10-15(2)4-7-16(19)3/h4-10,12-13H,11H2,1-3H3,(H,25,27). The lowest BCUT2D eigenvalue weighted by Crippen LogP contribution is -2.27. The first-order chi connectivity index (χ1) is 13.9. The molecule has 0 fully saturated rings. The van der Waals surface area contributed by atoms with Crippen molar-refractivity contribution in [3.63, 3.8) is 0 Å². The molecule has 146 valence electrons. The Kier molecular flexibility index (Phi) is 5.03. The number of fused-ring (bicyclic) bond motifs is 1. The first-order valence-electron chi connectivity index (χ1n) is 9.33. The van der Waals surface area contributed by atoms with E-state index in [2.05, 4.69) is 10.3 Å². The van der Waals surface area contributed by atoms with Crippen LogP contribution in [-0.2, 0) is 11.3 Å². The highest BCUT2D eigenvalue weighted by molar-refractivity contribution is 7.17. The second-order valence-corrected chi connectivity index (χ2v) is 8.12. The van der Waals surface area contributed by atoms with Crippen molar-refractivity contribution in [2.75, 3.05) is 5.32 Å². The fraction of sp³-hybridized carbons (Fsp3) is 0.174. The van der Waals surface area contributed by atoms with Gasteiger partial charge in [0.2, 0.25) is 5.91 Å². The monoisotopic (exact) mass is 403 g/mol. The molecule has 0 aliphatic carbocycles. The molecule has 5 nitrogen and oxygen atoms in total. The Hall–Kier alpha value is -3.25. The molecule has 0 radical (unpaired) electrons. The maximum absolute atomic E-state index is 12.9. The number of carbonyl (C=O) groups excluding carboxylic acids is 1. The molecule has 0 spiro atoms. The van der Waals surface area contributed by atoms with Gasteiger partial charge in [-0.1, -0.05) is 42.0 Å². The molecular formula is C23H21N3O2S. The number of carbonyl (C=O) groups is 1. The number of aryl methyl sites for hydroxylation is 3. The summed E-state index contributed by atoms with van der Waals surface area (Å²) in [5, 5.41) is 4.84. The molecule has 2 heterocycles. The molecule has 1 N–H and O–H groups in total. The minimum absolute atomic E-state index is 0.0765. The third kappa shape index (κ3) is 3.84. The molecule has 6 heteroatoms. The lowest BCUT2D eigenvalue weighted by atomic mass is 10.1. The van der Waals surface area contributed by atoms with E-state index in [9.17, 15) is 9.59 Å². The van der Waals surface area contributed by atoms with Crippen molar-refractivity contribution in [3.8, 4) is 11.1 Å². The van der Waals surface area contributed by atoms with Crippen molar-refractivity contribution in [2.24, 2.45) is 0 Å². The van der Waals surface area contributed by atoms with E-state index in [0.29, 0.717) is 10.2 Å². The highest BCUT2D eigenvalue weighted by Crippen LogP contribution is 2.30. The van der Waals surface area contributed by atoms with E-state index in [1.165, 1.54) is 27.8 Å². The number of nitrogens with zero attached hydrogens (tertiary/aromatic N) is 2. The number of amides is 1. The van der Waals surface area contributed by atoms with Crippen LogP contribution in [0.5, 0.6) is 0 Å². The molecule has 4 rings (SSSR count). The number of anilines is 1. The Morgan fingerprint density at radius 1 is 1.07 bits per heavy atom. The summed E-state index contributed by atoms with van der Waals surface area (Å²) in [7, 11) is 0. The van der Waals surface area contributed by atoms with Crippen LogP contribution in [0.1, 0.15) is 16.7 Å². The van der Waals surface area contributed by atoms with Crippen LogP contribution in [0.2, 0.25) is 0 Å². The Morgan fingerprint density at radius 3 is 2.55 bits per heavy atom. The predicted octanol–water partition coefficient (Wildman–Crippen LogP) is 4.69. The van der Waals surface area contributed by atoms with Crippen LogP contribution in [0.3, 0.4) is 0 Å². The van der Waals surface area contributed by atoms with E-state index in [4.69, 9.17) is 0 Å². The van der Waals surface area contributed by atoms with Crippen LogP contribution < -0.4 is 10.9 Å². The summed E-state index contributed by atoms with van der Waals surface area (Å²) in [6, 6.07) is 14.0. The SMILES string of the molecule is Cc1ccc(-c2csc3c(=O)n(CC(=O)Nc4cc(C)ccc4C)cnc23)cc1. The Morgan fingerprint density at radius 2 is 1.79 bits per heavy atom. The first kappa shape index (κ1) is 19.1. The van der Waals surface area contributed by atoms with Crippen LogP contribution in [0, 0.1) is 20.8 Å². The van der Waals surface area contributed by atoms with Gasteiger partial charge < -0.3 is 5.32 Å². The summed E-state index contributed by atoms with van der Waals surface area (Å²) in [4.78, 5) is 29.9. The molecule has 2 aromatic heterocycles. The van der Waals surface area contributed by atoms with E-state index in [1.807, 2.05) is 68.6 Å². The van der Waals surface area contributed by atoms with Gasteiger partial charge in [-0.2, -0.15) is 0 Å². The summed E-state index contributed by atoms with van der Waals surface area (Å²) >= 11 is 1.36. The normalized spacial score (nSPS) is 11.0. The van der Waals surface area contributed by atoms with Gasteiger partial charge in [0.25, 0.3) is 5.56 Å². The number of benzene rings is 2. The predicted molar refractivity (Wildman–Crippen MR) is 119 cm³/mol. The molecule has 1 amide bonds. The number of hydrogen-bond acceptors (Lipinski definition) is 4. The van der Waals surface area contributed by atoms with Gasteiger partial charge in [0, 0.05) is 16.6 Å². The number of nitrogens with one attached hydrogen (secondary N) is 1. The van der Waals surface area contributed by atoms with E-state index in [-0.39, 0.29) is 18.0 Å². The average Bonchev–Trinajstić information content (AvgIpc) is 3.12. The third-order valence-electron chi connectivity index (χ3n) is 4.89. The maximum atomic E-state index is 12.9. The minimum atomic E-state index is -0.253. The van der Waals surface area contributed by atoms with Crippen LogP contribution >= 0.6 is 11.3 Å². The fourth-order valence-corrected chi connectivity index (χ4v) is 4.18. The van der Waals surface area contributed by atoms with E-state index >= 15 is 0 Å². The topological polar surface area (TPSA) is 64.0 Å². The Balaban J connectivity index is 1.61. The Labute approximate surface area is 172 Å². The van der Waals surface area contributed by atoms with Crippen molar-refractivity contribution < 1.29 is 4.79 Å². The lowest BCUT2D eigenvalue weighted by Gasteiger charge is -2.10. The molecule has 4 aromatic rings. The van der Waals surface area contributed by atoms with Gasteiger partial charge >= 0.3 is 0 Å². The van der Waals surface area contributed by atoms with Crippen LogP contribution in [-0.4, -0.2) is 15.5 Å². The zero-order valence-corrected chi connectivity index (χ0v) is 17.3. The molecule has 0 aliphatic heterocycles. The molecule has 0 atom stereocenters. The van der Waals surface area contributed by atoms with Crippen LogP contribution in [0.25, 0.3) is 21.3 Å². The summed E-state index contributed by atoms with van der Waals surface area (Å²) < 4.78 is 1.92. The van der Waals surface area contributed by atoms with Crippen LogP contribution in [0.4, 0.5) is 5.69 Å². The number of aromatic nitrogens is 2. The lowest BCUT2D eigenvalue weighted by molar-refractivity contribution is -0.116. The number of rotatable bonds is 4. The Bertz CT molecular complexity index is 1270. The van der Waals surface area contributed by atoms with E-state index in [0.717, 1.165) is 27.9 Å². The van der Waals surface area contributed by atoms with Gasteiger partial charge in [-0.25, -0.2) is 4.98 Å². The molecule has 0 unspecified atom stereocenters. The molecule has 29 heavy (non-hydrogen) atoms. The first-order valence-corrected chi connectivity index (χ1v) is 10.2. The van der Waals surface area contributed by atoms with Gasteiger partial charge in [0.05, 0.1) is 11.8 Å². The fourth-order valence-electron chi connectivity index (χ4n) is 3.21. The van der Waals surface area contributed by atoms with Gasteiger partial charge in [0.1, 0.15) is 11.2 Å². The van der Waals surface area contributed by atoms with Crippen LogP contribution in [0.15, 0.2) is 59.0 Å². The second-order valence-electron chi connectivity index (χ2n) is 7.24. The van der Waals surface area contributed by atoms with Crippen molar-refractivity contribution in [3.05, 3.63) is 81.2 Å². The molecular weight excluding hydrogens is 382 g/mol. The van der Waals surface area contributed by atoms with Crippen molar-refractivity contribution in [2.45, 2.75) is 27.3 Å². The smallest absolute Gasteiger partial charge is 0.271 e. The summed E-state index contributed by atoms with van der Waals surface area (Å²) in [5.41, 5.74) is 6.42. The average molecular weight is 404 g/mol. The third-order valence-corrected chi connectivity index (χ3v) is 5.85. The maximum Gasteiger partial charge on any atom is 0.271 e. The zero-order valence-electron chi connectivity index (χ0n) is 16.5. The molecule has 2 aromatic carbocycles. The number of thiophene rings is 1. The quantitative estimate of drug-likeness (QED) is 0.538. The van der Waals surface area contributed by atoms with E-state index < -0.39 is 0 Å². The summed E-state index contributed by atoms with van der Waals surface area (Å²) in [6.07, 6.45) is 1.46. The zero-order chi connectivity index (χ0) is 20.5. The minimum Gasteiger partial charge on any atom is -0.324 e. The summed E-state index contributed by atoms with van der Waals surface area (Å²) in [6.45, 7) is 5.87. The molecule has 0 aliphatic rings. The van der Waals surface area contributed by atoms with Crippen molar-refractivity contribution >= 4 is 33.1 Å². The molecule has 0 saturated carbocycles. The number of hydrogen-bond donors (Lipinski definition) is 1. The van der Waals surface area contributed by atoms with Gasteiger partial charge in [0.15, 0.2) is 0 Å². The van der Waals surface area contributed by atoms with Gasteiger partial charge in [-0.15, -0.1) is 11.3 Å². The van der Waals surface area contributed by atoms with Gasteiger partial charge in [-0.3, -0.25) is 14.2 Å². The highest BCUT2D eigenvalue weighted by atomic mass is 32.1. The largest absolute Gasteiger partial charge is 0.324 e. The highest BCUT2D eigenvalue weighted by Gasteiger charge is 2.14.